The maximum absolute atomic E-state index is 12.3. The van der Waals surface area contributed by atoms with Crippen molar-refractivity contribution in [3.05, 3.63) is 94.2 Å². The number of ether oxygens (including phenoxy) is 1. The number of hydrogen-bond acceptors (Lipinski definition) is 3. The number of hydrogen-bond donors (Lipinski definition) is 0. The molecule has 0 saturated carbocycles. The van der Waals surface area contributed by atoms with Gasteiger partial charge in [-0.15, -0.1) is 11.3 Å². The van der Waals surface area contributed by atoms with Gasteiger partial charge in [0.15, 0.2) is 6.10 Å². The summed E-state index contributed by atoms with van der Waals surface area (Å²) in [6.07, 6.45) is -0.387. The minimum absolute atomic E-state index is 0.289. The standard InChI is InChI=1S/C18H14O2S/c19-18(16-12-7-13-21-16)20-17(14-8-3-1-4-9-14)15-10-5-2-6-11-15/h1-13,17H. The van der Waals surface area contributed by atoms with Gasteiger partial charge in [0, 0.05) is 0 Å². The zero-order valence-corrected chi connectivity index (χ0v) is 12.1. The van der Waals surface area contributed by atoms with Crippen molar-refractivity contribution in [3.8, 4) is 0 Å². The third-order valence-electron chi connectivity index (χ3n) is 3.15. The number of carbonyl (C=O) groups excluding carboxylic acids is 1. The monoisotopic (exact) mass is 294 g/mol. The van der Waals surface area contributed by atoms with Crippen LogP contribution in [0.5, 0.6) is 0 Å². The first-order valence-electron chi connectivity index (χ1n) is 6.69. The molecule has 0 aliphatic carbocycles. The lowest BCUT2D eigenvalue weighted by atomic mass is 10.0. The highest BCUT2D eigenvalue weighted by Gasteiger charge is 2.20. The molecular weight excluding hydrogens is 280 g/mol. The van der Waals surface area contributed by atoms with Gasteiger partial charge < -0.3 is 4.74 Å². The van der Waals surface area contributed by atoms with Gasteiger partial charge in [-0.1, -0.05) is 66.7 Å². The fourth-order valence-electron chi connectivity index (χ4n) is 2.14. The van der Waals surface area contributed by atoms with Crippen LogP contribution in [0.15, 0.2) is 78.2 Å². The van der Waals surface area contributed by atoms with Crippen LogP contribution < -0.4 is 0 Å². The fourth-order valence-corrected chi connectivity index (χ4v) is 2.75. The summed E-state index contributed by atoms with van der Waals surface area (Å²) in [6.45, 7) is 0. The second-order valence-electron chi connectivity index (χ2n) is 4.58. The smallest absolute Gasteiger partial charge is 0.349 e. The Balaban J connectivity index is 1.92. The maximum atomic E-state index is 12.3. The number of carbonyl (C=O) groups is 1. The van der Waals surface area contributed by atoms with Gasteiger partial charge >= 0.3 is 5.97 Å². The lowest BCUT2D eigenvalue weighted by Gasteiger charge is -2.18. The Hall–Kier alpha value is -2.39. The highest BCUT2D eigenvalue weighted by Crippen LogP contribution is 2.27. The maximum Gasteiger partial charge on any atom is 0.349 e. The van der Waals surface area contributed by atoms with Gasteiger partial charge in [0.05, 0.1) is 0 Å². The van der Waals surface area contributed by atoms with E-state index in [1.165, 1.54) is 11.3 Å². The molecule has 0 radical (unpaired) electrons. The number of rotatable bonds is 4. The molecule has 21 heavy (non-hydrogen) atoms. The van der Waals surface area contributed by atoms with Crippen molar-refractivity contribution < 1.29 is 9.53 Å². The van der Waals surface area contributed by atoms with Crippen LogP contribution in [0.25, 0.3) is 0 Å². The first kappa shape index (κ1) is 13.6. The van der Waals surface area contributed by atoms with Crippen LogP contribution in [-0.2, 0) is 4.74 Å². The summed E-state index contributed by atoms with van der Waals surface area (Å²) in [5, 5.41) is 1.87. The normalized spacial score (nSPS) is 10.5. The summed E-state index contributed by atoms with van der Waals surface area (Å²) in [6, 6.07) is 23.2. The van der Waals surface area contributed by atoms with Crippen molar-refractivity contribution in [1.29, 1.82) is 0 Å². The number of esters is 1. The molecule has 0 amide bonds. The Labute approximate surface area is 127 Å². The van der Waals surface area contributed by atoms with Gasteiger partial charge in [0.25, 0.3) is 0 Å². The van der Waals surface area contributed by atoms with E-state index in [1.807, 2.05) is 72.1 Å². The van der Waals surface area contributed by atoms with E-state index in [9.17, 15) is 4.79 Å². The second-order valence-corrected chi connectivity index (χ2v) is 5.53. The molecule has 2 nitrogen and oxygen atoms in total. The van der Waals surface area contributed by atoms with E-state index in [0.717, 1.165) is 11.1 Å². The van der Waals surface area contributed by atoms with E-state index in [2.05, 4.69) is 0 Å². The van der Waals surface area contributed by atoms with Gasteiger partial charge in [-0.3, -0.25) is 0 Å². The van der Waals surface area contributed by atoms with Gasteiger partial charge in [-0.2, -0.15) is 0 Å². The summed E-state index contributed by atoms with van der Waals surface area (Å²) < 4.78 is 5.74. The van der Waals surface area contributed by atoms with Crippen LogP contribution >= 0.6 is 11.3 Å². The largest absolute Gasteiger partial charge is 0.448 e. The second kappa shape index (κ2) is 6.37. The topological polar surface area (TPSA) is 26.3 Å². The Morgan fingerprint density at radius 1 is 0.810 bits per heavy atom. The van der Waals surface area contributed by atoms with Crippen molar-refractivity contribution in [2.24, 2.45) is 0 Å². The Morgan fingerprint density at radius 2 is 1.38 bits per heavy atom. The van der Waals surface area contributed by atoms with Crippen molar-refractivity contribution in [1.82, 2.24) is 0 Å². The molecule has 2 aromatic carbocycles. The Kier molecular flexibility index (Phi) is 4.12. The Morgan fingerprint density at radius 3 is 1.86 bits per heavy atom. The van der Waals surface area contributed by atoms with Gasteiger partial charge in [-0.05, 0) is 22.6 Å². The summed E-state index contributed by atoms with van der Waals surface area (Å²) >= 11 is 1.39. The van der Waals surface area contributed by atoms with Crippen LogP contribution in [-0.4, -0.2) is 5.97 Å². The molecule has 0 fully saturated rings. The molecule has 0 aliphatic heterocycles. The van der Waals surface area contributed by atoms with E-state index < -0.39 is 0 Å². The van der Waals surface area contributed by atoms with E-state index in [0.29, 0.717) is 4.88 Å². The number of benzene rings is 2. The first-order chi connectivity index (χ1) is 10.3. The summed E-state index contributed by atoms with van der Waals surface area (Å²) in [5.74, 6) is -0.289. The van der Waals surface area contributed by atoms with Crippen molar-refractivity contribution in [3.63, 3.8) is 0 Å². The predicted octanol–water partition coefficient (Wildman–Crippen LogP) is 4.69. The van der Waals surface area contributed by atoms with Crippen LogP contribution in [0.4, 0.5) is 0 Å². The molecule has 0 saturated heterocycles. The molecule has 0 N–H and O–H groups in total. The Bertz CT molecular complexity index is 651. The quantitative estimate of drug-likeness (QED) is 0.652. The van der Waals surface area contributed by atoms with Gasteiger partial charge in [0.2, 0.25) is 0 Å². The molecule has 0 atom stereocenters. The van der Waals surface area contributed by atoms with Crippen LogP contribution in [0.3, 0.4) is 0 Å². The van der Waals surface area contributed by atoms with Crippen molar-refractivity contribution in [2.45, 2.75) is 6.10 Å². The highest BCUT2D eigenvalue weighted by atomic mass is 32.1. The minimum Gasteiger partial charge on any atom is -0.448 e. The third-order valence-corrected chi connectivity index (χ3v) is 4.00. The lowest BCUT2D eigenvalue weighted by Crippen LogP contribution is -2.12. The predicted molar refractivity (Wildman–Crippen MR) is 84.5 cm³/mol. The molecule has 0 unspecified atom stereocenters. The average molecular weight is 294 g/mol. The van der Waals surface area contributed by atoms with Crippen molar-refractivity contribution >= 4 is 17.3 Å². The average Bonchev–Trinajstić information content (AvgIpc) is 3.09. The summed E-state index contributed by atoms with van der Waals surface area (Å²) in [5.41, 5.74) is 1.93. The molecule has 3 heteroatoms. The van der Waals surface area contributed by atoms with Crippen molar-refractivity contribution in [2.75, 3.05) is 0 Å². The molecule has 0 aliphatic rings. The molecular formula is C18H14O2S. The summed E-state index contributed by atoms with van der Waals surface area (Å²) in [7, 11) is 0. The molecule has 0 spiro atoms. The van der Waals surface area contributed by atoms with Gasteiger partial charge in [-0.25, -0.2) is 4.79 Å². The van der Waals surface area contributed by atoms with E-state index in [1.54, 1.807) is 6.07 Å². The van der Waals surface area contributed by atoms with E-state index >= 15 is 0 Å². The molecule has 1 heterocycles. The molecule has 0 bridgehead atoms. The van der Waals surface area contributed by atoms with Crippen LogP contribution in [0.2, 0.25) is 0 Å². The first-order valence-corrected chi connectivity index (χ1v) is 7.57. The zero-order chi connectivity index (χ0) is 14.5. The van der Waals surface area contributed by atoms with Crippen LogP contribution in [0, 0.1) is 0 Å². The third kappa shape index (κ3) is 3.20. The summed E-state index contributed by atoms with van der Waals surface area (Å²) in [4.78, 5) is 12.9. The van der Waals surface area contributed by atoms with E-state index in [-0.39, 0.29) is 12.1 Å². The molecule has 104 valence electrons. The number of thiophene rings is 1. The molecule has 3 aromatic rings. The zero-order valence-electron chi connectivity index (χ0n) is 11.3. The molecule has 1 aromatic heterocycles. The van der Waals surface area contributed by atoms with Crippen LogP contribution in [0.1, 0.15) is 26.9 Å². The van der Waals surface area contributed by atoms with Gasteiger partial charge in [0.1, 0.15) is 4.88 Å². The highest BCUT2D eigenvalue weighted by molar-refractivity contribution is 7.11. The molecule has 3 rings (SSSR count). The lowest BCUT2D eigenvalue weighted by molar-refractivity contribution is 0.0384. The minimum atomic E-state index is -0.387. The SMILES string of the molecule is O=C(OC(c1ccccc1)c1ccccc1)c1cccs1. The van der Waals surface area contributed by atoms with E-state index in [4.69, 9.17) is 4.74 Å². The fraction of sp³-hybridized carbons (Fsp3) is 0.0556.